The molecule has 0 saturated carbocycles. The molecule has 0 N–H and O–H groups in total. The van der Waals surface area contributed by atoms with Crippen LogP contribution >= 0.6 is 0 Å². The number of carbonyl (C=O) groups excluding carboxylic acids is 2. The highest BCUT2D eigenvalue weighted by Gasteiger charge is 2.20. The molecule has 0 fully saturated rings. The Morgan fingerprint density at radius 2 is 1.83 bits per heavy atom. The summed E-state index contributed by atoms with van der Waals surface area (Å²) in [4.78, 5) is 24.6. The molecular weight excluding hydrogens is 386 g/mol. The quantitative estimate of drug-likeness (QED) is 0.437. The molecule has 0 saturated heterocycles. The first-order valence-electron chi connectivity index (χ1n) is 8.64. The zero-order valence-corrected chi connectivity index (χ0v) is 15.9. The molecule has 152 valence electrons. The average molecular weight is 404 g/mol. The Morgan fingerprint density at radius 1 is 1.14 bits per heavy atom. The van der Waals surface area contributed by atoms with Gasteiger partial charge in [0.25, 0.3) is 0 Å². The van der Waals surface area contributed by atoms with E-state index in [9.17, 15) is 18.4 Å². The SMILES string of the molecule is Cc1cc(-n2c(C)cc(C(=O)COC(=O)c3ccc(OC(F)F)cc3)c2C)no1. The highest BCUT2D eigenvalue weighted by Crippen LogP contribution is 2.21. The van der Waals surface area contributed by atoms with Crippen LogP contribution in [0.1, 0.15) is 37.9 Å². The molecule has 2 aromatic heterocycles. The van der Waals surface area contributed by atoms with Crippen LogP contribution < -0.4 is 4.74 Å². The molecule has 0 radical (unpaired) electrons. The molecule has 0 aliphatic heterocycles. The maximum atomic E-state index is 12.5. The Balaban J connectivity index is 1.67. The number of carbonyl (C=O) groups is 2. The van der Waals surface area contributed by atoms with Crippen LogP contribution in [0.15, 0.2) is 40.9 Å². The number of ketones is 1. The van der Waals surface area contributed by atoms with Crippen molar-refractivity contribution in [1.82, 2.24) is 9.72 Å². The topological polar surface area (TPSA) is 83.6 Å². The summed E-state index contributed by atoms with van der Waals surface area (Å²) in [5, 5.41) is 3.95. The van der Waals surface area contributed by atoms with Gasteiger partial charge < -0.3 is 14.0 Å². The number of rotatable bonds is 7. The normalized spacial score (nSPS) is 11.0. The maximum Gasteiger partial charge on any atom is 0.387 e. The summed E-state index contributed by atoms with van der Waals surface area (Å²) in [6.07, 6.45) is 0. The van der Waals surface area contributed by atoms with Gasteiger partial charge in [-0.2, -0.15) is 8.78 Å². The van der Waals surface area contributed by atoms with E-state index in [1.807, 2.05) is 6.92 Å². The fourth-order valence-corrected chi connectivity index (χ4v) is 2.92. The third-order valence-corrected chi connectivity index (χ3v) is 4.23. The van der Waals surface area contributed by atoms with E-state index in [2.05, 4.69) is 9.89 Å². The van der Waals surface area contributed by atoms with Crippen LogP contribution in [-0.4, -0.2) is 34.7 Å². The highest BCUT2D eigenvalue weighted by atomic mass is 19.3. The first kappa shape index (κ1) is 20.2. The largest absolute Gasteiger partial charge is 0.454 e. The molecule has 0 aliphatic carbocycles. The third-order valence-electron chi connectivity index (χ3n) is 4.23. The summed E-state index contributed by atoms with van der Waals surface area (Å²) in [7, 11) is 0. The van der Waals surface area contributed by atoms with E-state index in [-0.39, 0.29) is 17.1 Å². The summed E-state index contributed by atoms with van der Waals surface area (Å²) in [6, 6.07) is 8.44. The highest BCUT2D eigenvalue weighted by molar-refractivity contribution is 6.00. The second kappa shape index (κ2) is 8.26. The Hall–Kier alpha value is -3.49. The van der Waals surface area contributed by atoms with Crippen LogP contribution in [0.3, 0.4) is 0 Å². The summed E-state index contributed by atoms with van der Waals surface area (Å²) in [5.74, 6) is -0.0134. The van der Waals surface area contributed by atoms with Crippen molar-refractivity contribution in [2.24, 2.45) is 0 Å². The van der Waals surface area contributed by atoms with Gasteiger partial charge in [-0.15, -0.1) is 0 Å². The number of hydrogen-bond donors (Lipinski definition) is 0. The fraction of sp³-hybridized carbons (Fsp3) is 0.250. The van der Waals surface area contributed by atoms with Gasteiger partial charge in [0.2, 0.25) is 5.78 Å². The molecule has 0 unspecified atom stereocenters. The van der Waals surface area contributed by atoms with E-state index in [0.29, 0.717) is 22.8 Å². The second-order valence-corrected chi connectivity index (χ2v) is 6.32. The van der Waals surface area contributed by atoms with Crippen molar-refractivity contribution < 1.29 is 32.4 Å². The standard InChI is InChI=1S/C20H18F2N2O5/c1-11-8-16(13(3)24(11)18-9-12(2)29-23-18)17(25)10-27-19(26)14-4-6-15(7-5-14)28-20(21)22/h4-9,20H,10H2,1-3H3. The van der Waals surface area contributed by atoms with E-state index < -0.39 is 19.2 Å². The van der Waals surface area contributed by atoms with Crippen molar-refractivity contribution in [3.05, 3.63) is 64.7 Å². The second-order valence-electron chi connectivity index (χ2n) is 6.32. The monoisotopic (exact) mass is 404 g/mol. The van der Waals surface area contributed by atoms with Crippen LogP contribution in [0, 0.1) is 20.8 Å². The van der Waals surface area contributed by atoms with Crippen molar-refractivity contribution in [3.8, 4) is 11.6 Å². The number of Topliss-reactive ketones (excluding diaryl/α,β-unsaturated/α-hetero) is 1. The number of aromatic nitrogens is 2. The molecule has 0 aliphatic rings. The van der Waals surface area contributed by atoms with Crippen LogP contribution in [0.5, 0.6) is 5.75 Å². The molecule has 3 rings (SSSR count). The first-order chi connectivity index (χ1) is 13.8. The Kier molecular flexibility index (Phi) is 5.76. The molecule has 7 nitrogen and oxygen atoms in total. The van der Waals surface area contributed by atoms with Gasteiger partial charge in [-0.25, -0.2) is 4.79 Å². The van der Waals surface area contributed by atoms with Crippen LogP contribution in [0.4, 0.5) is 8.78 Å². The molecule has 9 heteroatoms. The molecule has 2 heterocycles. The zero-order chi connectivity index (χ0) is 21.1. The number of aryl methyl sites for hydroxylation is 2. The predicted molar refractivity (Wildman–Crippen MR) is 97.7 cm³/mol. The zero-order valence-electron chi connectivity index (χ0n) is 15.9. The van der Waals surface area contributed by atoms with E-state index in [0.717, 1.165) is 5.69 Å². The molecule has 0 amide bonds. The lowest BCUT2D eigenvalue weighted by Gasteiger charge is -2.07. The van der Waals surface area contributed by atoms with E-state index in [4.69, 9.17) is 9.26 Å². The number of nitrogens with zero attached hydrogens (tertiary/aromatic N) is 2. The van der Waals surface area contributed by atoms with E-state index >= 15 is 0 Å². The molecule has 0 spiro atoms. The summed E-state index contributed by atoms with van der Waals surface area (Å²) < 4.78 is 40.4. The van der Waals surface area contributed by atoms with Crippen molar-refractivity contribution in [2.45, 2.75) is 27.4 Å². The number of hydrogen-bond acceptors (Lipinski definition) is 6. The average Bonchev–Trinajstić information content (AvgIpc) is 3.22. The summed E-state index contributed by atoms with van der Waals surface area (Å²) in [5.41, 5.74) is 1.94. The molecule has 1 aromatic carbocycles. The van der Waals surface area contributed by atoms with Gasteiger partial charge in [-0.3, -0.25) is 9.36 Å². The van der Waals surface area contributed by atoms with Crippen LogP contribution in [0.2, 0.25) is 0 Å². The number of esters is 1. The molecule has 0 bridgehead atoms. The van der Waals surface area contributed by atoms with Crippen LogP contribution in [0.25, 0.3) is 5.82 Å². The summed E-state index contributed by atoms with van der Waals surface area (Å²) in [6.45, 7) is 1.93. The summed E-state index contributed by atoms with van der Waals surface area (Å²) >= 11 is 0. The van der Waals surface area contributed by atoms with Crippen molar-refractivity contribution >= 4 is 11.8 Å². The minimum absolute atomic E-state index is 0.0804. The first-order valence-corrected chi connectivity index (χ1v) is 8.64. The van der Waals surface area contributed by atoms with Gasteiger partial charge in [-0.1, -0.05) is 5.16 Å². The van der Waals surface area contributed by atoms with Gasteiger partial charge in [0.1, 0.15) is 11.5 Å². The Bertz CT molecular complexity index is 1040. The number of benzene rings is 1. The minimum Gasteiger partial charge on any atom is -0.454 e. The smallest absolute Gasteiger partial charge is 0.387 e. The number of halogens is 2. The van der Waals surface area contributed by atoms with Gasteiger partial charge >= 0.3 is 12.6 Å². The lowest BCUT2D eigenvalue weighted by molar-refractivity contribution is -0.0498. The number of alkyl halides is 2. The Morgan fingerprint density at radius 3 is 2.41 bits per heavy atom. The van der Waals surface area contributed by atoms with Gasteiger partial charge in [0.05, 0.1) is 5.56 Å². The predicted octanol–water partition coefficient (Wildman–Crippen LogP) is 4.03. The van der Waals surface area contributed by atoms with Gasteiger partial charge in [0, 0.05) is 23.0 Å². The van der Waals surface area contributed by atoms with Gasteiger partial charge in [-0.05, 0) is 51.1 Å². The lowest BCUT2D eigenvalue weighted by Crippen LogP contribution is -2.15. The van der Waals surface area contributed by atoms with E-state index in [1.165, 1.54) is 24.3 Å². The fourth-order valence-electron chi connectivity index (χ4n) is 2.92. The van der Waals surface area contributed by atoms with Crippen molar-refractivity contribution in [2.75, 3.05) is 6.61 Å². The molecular formula is C20H18F2N2O5. The Labute approximate surface area is 164 Å². The molecule has 3 aromatic rings. The number of ether oxygens (including phenoxy) is 2. The van der Waals surface area contributed by atoms with Gasteiger partial charge in [0.15, 0.2) is 12.4 Å². The lowest BCUT2D eigenvalue weighted by atomic mass is 10.1. The molecule has 0 atom stereocenters. The third kappa shape index (κ3) is 4.50. The maximum absolute atomic E-state index is 12.5. The van der Waals surface area contributed by atoms with E-state index in [1.54, 1.807) is 30.5 Å². The van der Waals surface area contributed by atoms with Crippen LogP contribution in [-0.2, 0) is 4.74 Å². The molecule has 29 heavy (non-hydrogen) atoms. The van der Waals surface area contributed by atoms with Crippen molar-refractivity contribution in [1.29, 1.82) is 0 Å². The minimum atomic E-state index is -2.95. The van der Waals surface area contributed by atoms with Crippen molar-refractivity contribution in [3.63, 3.8) is 0 Å².